The second-order valence-corrected chi connectivity index (χ2v) is 11.4. The standard InChI is InChI=1S/C24H31Cl2N3O4S/c1-16(2)13-27-24(31)18(4)28(14-20-21(25)10-7-11-22(20)26)23(30)15-29(34(5,32)33)19-9-6-8-17(3)12-19/h6-12,16,18H,13-15H2,1-5H3,(H,27,31)/t18-/m1/s1. The first-order valence-electron chi connectivity index (χ1n) is 10.9. The fraction of sp³-hybridized carbons (Fsp3) is 0.417. The van der Waals surface area contributed by atoms with E-state index in [1.165, 1.54) is 4.90 Å². The molecule has 0 unspecified atom stereocenters. The summed E-state index contributed by atoms with van der Waals surface area (Å²) in [4.78, 5) is 27.7. The number of carbonyl (C=O) groups is 2. The first-order chi connectivity index (χ1) is 15.8. The van der Waals surface area contributed by atoms with E-state index in [0.29, 0.717) is 27.8 Å². The van der Waals surface area contributed by atoms with E-state index in [4.69, 9.17) is 23.2 Å². The Kier molecular flexibility index (Phi) is 9.79. The van der Waals surface area contributed by atoms with E-state index < -0.39 is 28.5 Å². The predicted octanol–water partition coefficient (Wildman–Crippen LogP) is 4.26. The number of aryl methyl sites for hydroxylation is 1. The summed E-state index contributed by atoms with van der Waals surface area (Å²) in [7, 11) is -3.79. The molecule has 34 heavy (non-hydrogen) atoms. The minimum Gasteiger partial charge on any atom is -0.354 e. The second kappa shape index (κ2) is 11.9. The maximum absolute atomic E-state index is 13.5. The van der Waals surface area contributed by atoms with E-state index in [-0.39, 0.29) is 18.4 Å². The van der Waals surface area contributed by atoms with E-state index >= 15 is 0 Å². The number of carbonyl (C=O) groups excluding carboxylic acids is 2. The molecule has 0 aliphatic heterocycles. The average molecular weight is 529 g/mol. The fourth-order valence-corrected chi connectivity index (χ4v) is 4.64. The number of hydrogen-bond acceptors (Lipinski definition) is 4. The van der Waals surface area contributed by atoms with Crippen LogP contribution in [0.15, 0.2) is 42.5 Å². The number of benzene rings is 2. The monoisotopic (exact) mass is 527 g/mol. The number of anilines is 1. The highest BCUT2D eigenvalue weighted by atomic mass is 35.5. The molecule has 2 amide bonds. The van der Waals surface area contributed by atoms with Crippen molar-refractivity contribution < 1.29 is 18.0 Å². The van der Waals surface area contributed by atoms with Crippen LogP contribution in [0.25, 0.3) is 0 Å². The number of nitrogens with one attached hydrogen (secondary N) is 1. The van der Waals surface area contributed by atoms with Gasteiger partial charge in [-0.1, -0.05) is 55.2 Å². The van der Waals surface area contributed by atoms with Gasteiger partial charge in [0.1, 0.15) is 12.6 Å². The Morgan fingerprint density at radius 1 is 1.03 bits per heavy atom. The summed E-state index contributed by atoms with van der Waals surface area (Å²) >= 11 is 12.7. The van der Waals surface area contributed by atoms with Crippen molar-refractivity contribution in [3.63, 3.8) is 0 Å². The van der Waals surface area contributed by atoms with Gasteiger partial charge in [-0.15, -0.1) is 0 Å². The molecule has 2 aromatic carbocycles. The molecule has 2 aromatic rings. The molecule has 1 atom stereocenters. The minimum atomic E-state index is -3.79. The molecular formula is C24H31Cl2N3O4S. The van der Waals surface area contributed by atoms with Crippen molar-refractivity contribution in [3.8, 4) is 0 Å². The molecule has 0 heterocycles. The third-order valence-corrected chi connectivity index (χ3v) is 7.06. The molecule has 186 valence electrons. The third-order valence-electron chi connectivity index (χ3n) is 5.21. The summed E-state index contributed by atoms with van der Waals surface area (Å²) in [5, 5.41) is 3.52. The van der Waals surface area contributed by atoms with Crippen molar-refractivity contribution in [2.45, 2.75) is 40.3 Å². The van der Waals surface area contributed by atoms with Crippen molar-refractivity contribution in [2.75, 3.05) is 23.7 Å². The molecule has 10 heteroatoms. The SMILES string of the molecule is Cc1cccc(N(CC(=O)N(Cc2c(Cl)cccc2Cl)[C@H](C)C(=O)NCC(C)C)S(C)(=O)=O)c1. The number of sulfonamides is 1. The molecule has 0 aliphatic carbocycles. The van der Waals surface area contributed by atoms with Crippen LogP contribution in [0.1, 0.15) is 31.9 Å². The highest BCUT2D eigenvalue weighted by molar-refractivity contribution is 7.92. The summed E-state index contributed by atoms with van der Waals surface area (Å²) in [6, 6.07) is 10.9. The van der Waals surface area contributed by atoms with Gasteiger partial charge in [-0.25, -0.2) is 8.42 Å². The molecular weight excluding hydrogens is 497 g/mol. The Labute approximate surface area is 212 Å². The highest BCUT2D eigenvalue weighted by Crippen LogP contribution is 2.27. The maximum Gasteiger partial charge on any atom is 0.244 e. The molecule has 2 rings (SSSR count). The van der Waals surface area contributed by atoms with Gasteiger partial charge in [0, 0.05) is 28.7 Å². The molecule has 0 saturated carbocycles. The summed E-state index contributed by atoms with van der Waals surface area (Å²) < 4.78 is 26.2. The normalized spacial score (nSPS) is 12.4. The third kappa shape index (κ3) is 7.61. The van der Waals surface area contributed by atoms with Crippen molar-refractivity contribution in [1.82, 2.24) is 10.2 Å². The molecule has 1 N–H and O–H groups in total. The second-order valence-electron chi connectivity index (χ2n) is 8.65. The molecule has 0 spiro atoms. The number of amides is 2. The first kappa shape index (κ1) is 28.0. The summed E-state index contributed by atoms with van der Waals surface area (Å²) in [5.41, 5.74) is 1.69. The van der Waals surface area contributed by atoms with Crippen molar-refractivity contribution in [2.24, 2.45) is 5.92 Å². The van der Waals surface area contributed by atoms with Gasteiger partial charge in [0.25, 0.3) is 0 Å². The highest BCUT2D eigenvalue weighted by Gasteiger charge is 2.31. The number of rotatable bonds is 10. The zero-order chi connectivity index (χ0) is 25.6. The lowest BCUT2D eigenvalue weighted by Crippen LogP contribution is -2.51. The van der Waals surface area contributed by atoms with E-state index in [2.05, 4.69) is 5.32 Å². The quantitative estimate of drug-likeness (QED) is 0.500. The van der Waals surface area contributed by atoms with Crippen LogP contribution in [0.5, 0.6) is 0 Å². The van der Waals surface area contributed by atoms with E-state index in [1.54, 1.807) is 43.3 Å². The molecule has 0 aliphatic rings. The number of hydrogen-bond donors (Lipinski definition) is 1. The van der Waals surface area contributed by atoms with Gasteiger partial charge in [0.05, 0.1) is 11.9 Å². The van der Waals surface area contributed by atoms with Crippen LogP contribution in [-0.2, 0) is 26.2 Å². The van der Waals surface area contributed by atoms with Crippen LogP contribution in [0, 0.1) is 12.8 Å². The number of nitrogens with zero attached hydrogens (tertiary/aromatic N) is 2. The van der Waals surface area contributed by atoms with Crippen molar-refractivity contribution >= 4 is 50.7 Å². The van der Waals surface area contributed by atoms with Gasteiger partial charge in [-0.05, 0) is 49.6 Å². The van der Waals surface area contributed by atoms with Crippen LogP contribution >= 0.6 is 23.2 Å². The molecule has 0 bridgehead atoms. The molecule has 7 nitrogen and oxygen atoms in total. The molecule has 0 radical (unpaired) electrons. The lowest BCUT2D eigenvalue weighted by molar-refractivity contribution is -0.139. The zero-order valence-corrected chi connectivity index (χ0v) is 22.3. The topological polar surface area (TPSA) is 86.8 Å². The summed E-state index contributed by atoms with van der Waals surface area (Å²) in [6.07, 6.45) is 1.04. The molecule has 0 fully saturated rings. The Morgan fingerprint density at radius 2 is 1.62 bits per heavy atom. The minimum absolute atomic E-state index is 0.0565. The van der Waals surface area contributed by atoms with Gasteiger partial charge in [-0.2, -0.15) is 0 Å². The lowest BCUT2D eigenvalue weighted by Gasteiger charge is -2.32. The van der Waals surface area contributed by atoms with Gasteiger partial charge in [0.2, 0.25) is 21.8 Å². The van der Waals surface area contributed by atoms with E-state index in [0.717, 1.165) is 16.1 Å². The maximum atomic E-state index is 13.5. The number of halogens is 2. The van der Waals surface area contributed by atoms with E-state index in [1.807, 2.05) is 26.8 Å². The van der Waals surface area contributed by atoms with Gasteiger partial charge in [0.15, 0.2) is 0 Å². The molecule has 0 saturated heterocycles. The Balaban J connectivity index is 2.43. The van der Waals surface area contributed by atoms with Crippen LogP contribution in [0.3, 0.4) is 0 Å². The van der Waals surface area contributed by atoms with Crippen LogP contribution < -0.4 is 9.62 Å². The summed E-state index contributed by atoms with van der Waals surface area (Å²) in [6.45, 7) is 7.25. The Bertz CT molecular complexity index is 1120. The average Bonchev–Trinajstić information content (AvgIpc) is 2.74. The predicted molar refractivity (Wildman–Crippen MR) is 138 cm³/mol. The van der Waals surface area contributed by atoms with Crippen molar-refractivity contribution in [1.29, 1.82) is 0 Å². The summed E-state index contributed by atoms with van der Waals surface area (Å²) in [5.74, 6) is -0.692. The lowest BCUT2D eigenvalue weighted by atomic mass is 10.1. The van der Waals surface area contributed by atoms with Crippen LogP contribution in [0.2, 0.25) is 10.0 Å². The fourth-order valence-electron chi connectivity index (χ4n) is 3.29. The van der Waals surface area contributed by atoms with E-state index in [9.17, 15) is 18.0 Å². The smallest absolute Gasteiger partial charge is 0.244 e. The first-order valence-corrected chi connectivity index (χ1v) is 13.5. The zero-order valence-electron chi connectivity index (χ0n) is 20.0. The van der Waals surface area contributed by atoms with Gasteiger partial charge < -0.3 is 10.2 Å². The van der Waals surface area contributed by atoms with Crippen LogP contribution in [0.4, 0.5) is 5.69 Å². The van der Waals surface area contributed by atoms with Gasteiger partial charge >= 0.3 is 0 Å². The van der Waals surface area contributed by atoms with Crippen molar-refractivity contribution in [3.05, 3.63) is 63.6 Å². The molecule has 0 aromatic heterocycles. The largest absolute Gasteiger partial charge is 0.354 e. The van der Waals surface area contributed by atoms with Crippen LogP contribution in [-0.4, -0.2) is 50.5 Å². The Hall–Kier alpha value is -2.29. The van der Waals surface area contributed by atoms with Gasteiger partial charge in [-0.3, -0.25) is 13.9 Å². The Morgan fingerprint density at radius 3 is 2.15 bits per heavy atom.